The number of ether oxygens (including phenoxy) is 2. The number of benzene rings is 11. The van der Waals surface area contributed by atoms with E-state index in [0.717, 1.165) is 61.1 Å². The number of halogens is 1. The fourth-order valence-corrected chi connectivity index (χ4v) is 24.4. The van der Waals surface area contributed by atoms with Gasteiger partial charge in [-0.1, -0.05) is 374 Å². The lowest BCUT2D eigenvalue weighted by atomic mass is 9.80. The van der Waals surface area contributed by atoms with Crippen molar-refractivity contribution >= 4 is 147 Å². The normalized spacial score (nSPS) is 12.8. The van der Waals surface area contributed by atoms with Crippen molar-refractivity contribution in [1.29, 1.82) is 0 Å². The molecule has 0 aliphatic rings. The number of thioether (sulfide) groups is 8. The highest BCUT2D eigenvalue weighted by Crippen LogP contribution is 2.45. The number of carbonyl (C=O) groups is 2. The van der Waals surface area contributed by atoms with Crippen LogP contribution in [-0.2, 0) is 126 Å². The second-order valence-corrected chi connectivity index (χ2v) is 60.8. The van der Waals surface area contributed by atoms with E-state index in [1.54, 1.807) is 41.7 Å². The van der Waals surface area contributed by atoms with Crippen LogP contribution in [0.5, 0.6) is 0 Å². The van der Waals surface area contributed by atoms with Crippen LogP contribution in [0.2, 0.25) is 0 Å². The van der Waals surface area contributed by atoms with Gasteiger partial charge in [-0.05, 0) is 273 Å². The number of hydrogen-bond donors (Lipinski definition) is 2. The van der Waals surface area contributed by atoms with Crippen LogP contribution in [0, 0.1) is 0 Å². The summed E-state index contributed by atoms with van der Waals surface area (Å²) in [5.74, 6) is 6.30. The van der Waals surface area contributed by atoms with E-state index in [1.165, 1.54) is 160 Å². The summed E-state index contributed by atoms with van der Waals surface area (Å²) >= 11 is 27.2. The Morgan fingerprint density at radius 3 is 0.472 bits per heavy atom. The largest absolute Gasteiger partial charge is 0.465 e. The number of rotatable bonds is 27. The van der Waals surface area contributed by atoms with Gasteiger partial charge in [-0.15, -0.1) is 119 Å². The SMILES string of the molecule is CC(C)(C)c1cc(CSc2cc(CBr)cc(SCc3cc(C(C)(C)C)cc(C(C)(C)C)c3)c2)cc(C(C)(C)C)c1.COC(=O)c1cc(S)cc(S)c1.COC(=O)c1cc(SCc2cc(SCc3cc(C(C)(C)C)cc(C(C)(C)C)c3)cc(SCc3cc(C(C)(C)C)cc(C(C)(C)C)c3)c2)cc(SCc2cc(SCc3cc(C(C)(C)C)cc(C(C)(C)C)c3)cc(SCc3cc(C(C)(C)C)cc(C(C)(C)C)c3)c2)c1. The Bertz CT molecular complexity index is 5450. The van der Waals surface area contributed by atoms with Gasteiger partial charge in [0.25, 0.3) is 0 Å². The second-order valence-electron chi connectivity index (χ2n) is 50.8. The van der Waals surface area contributed by atoms with Crippen LogP contribution < -0.4 is 0 Å². The third-order valence-electron chi connectivity index (χ3n) is 25.2. The zero-order chi connectivity index (χ0) is 106. The molecule has 0 atom stereocenters. The van der Waals surface area contributed by atoms with Crippen molar-refractivity contribution in [1.82, 2.24) is 0 Å². The number of carbonyl (C=O) groups excluding carboxylic acids is 2. The van der Waals surface area contributed by atoms with Gasteiger partial charge >= 0.3 is 11.9 Å². The number of thiol groups is 2. The molecule has 0 unspecified atom stereocenters. The van der Waals surface area contributed by atoms with Gasteiger partial charge in [-0.25, -0.2) is 9.59 Å². The van der Waals surface area contributed by atoms with Crippen LogP contribution in [0.3, 0.4) is 0 Å². The molecular weight excluding hydrogens is 1990 g/mol. The van der Waals surface area contributed by atoms with E-state index < -0.39 is 0 Å². The third-order valence-corrected chi connectivity index (χ3v) is 34.7. The Morgan fingerprint density at radius 1 is 0.197 bits per heavy atom. The molecule has 4 nitrogen and oxygen atoms in total. The molecule has 0 saturated carbocycles. The molecule has 0 amide bonds. The summed E-state index contributed by atoms with van der Waals surface area (Å²) in [6.45, 7) is 83.5. The molecule has 766 valence electrons. The highest BCUT2D eigenvalue weighted by molar-refractivity contribution is 9.08. The molecule has 0 saturated heterocycles. The van der Waals surface area contributed by atoms with E-state index in [9.17, 15) is 9.59 Å². The second kappa shape index (κ2) is 49.0. The van der Waals surface area contributed by atoms with Gasteiger partial charge in [-0.2, -0.15) is 0 Å². The Balaban J connectivity index is 0.000000353. The van der Waals surface area contributed by atoms with E-state index in [1.807, 2.05) is 82.7 Å². The summed E-state index contributed by atoms with van der Waals surface area (Å²) in [6.07, 6.45) is 0. The van der Waals surface area contributed by atoms with Crippen molar-refractivity contribution in [3.63, 3.8) is 0 Å². The van der Waals surface area contributed by atoms with Crippen LogP contribution >= 0.6 is 135 Å². The maximum absolute atomic E-state index is 13.6. The minimum Gasteiger partial charge on any atom is -0.465 e. The molecule has 0 aliphatic heterocycles. The average Bonchev–Trinajstić information content (AvgIpc) is 0.859. The molecule has 0 fully saturated rings. The third kappa shape index (κ3) is 37.5. The minimum atomic E-state index is -0.374. The molecule has 11 aromatic carbocycles. The predicted octanol–water partition coefficient (Wildman–Crippen LogP) is 40.0. The summed E-state index contributed by atoms with van der Waals surface area (Å²) in [5.41, 5.74) is 30.8. The molecule has 0 bridgehead atoms. The van der Waals surface area contributed by atoms with Crippen LogP contribution in [0.4, 0.5) is 0 Å². The van der Waals surface area contributed by atoms with Gasteiger partial charge in [0.1, 0.15) is 0 Å². The Kier molecular flexibility index (Phi) is 41.3. The van der Waals surface area contributed by atoms with Gasteiger partial charge in [0.15, 0.2) is 0 Å². The summed E-state index contributed by atoms with van der Waals surface area (Å²) in [4.78, 5) is 35.8. The van der Waals surface area contributed by atoms with Crippen molar-refractivity contribution in [3.8, 4) is 0 Å². The number of alkyl halides is 1. The molecule has 0 aromatic heterocycles. The maximum Gasteiger partial charge on any atom is 0.337 e. The first-order chi connectivity index (χ1) is 65.3. The summed E-state index contributed by atoms with van der Waals surface area (Å²) in [6, 6.07) is 76.4. The van der Waals surface area contributed by atoms with E-state index in [-0.39, 0.29) is 76.9 Å². The zero-order valence-electron chi connectivity index (χ0n) is 93.1. The molecule has 11 aromatic rings. The standard InChI is InChI=1S/C82H108O2S6.C37H51BrS2.C8H8O2S2/c1-75(2,3)60-26-53(27-61(40-60)76(4,5)6)47-85-68-34-57(35-69(44-68)86-48-54-28-62(77(7,8)9)41-63(29-54)78(10,11)12)51-89-72-38-59(74(83)84-25)39-73(46-72)90-52-58-36-70(87-49-55-30-64(79(13,14)15)42-65(31-55)80(16,17)18)45-71(37-58)88-50-56-32-66(81(19,20)21)43-67(33-56)82(22,23)24;1-34(2,3)28-13-26(14-29(19-28)35(4,5)6)23-39-32-17-25(22-38)18-33(21-32)40-24-27-15-30(36(7,8)9)20-31(16-27)37(10,11)12;1-10-8(9)5-2-6(11)4-7(12)3-5/h26-46H,47-52H2,1-25H3;13-21H,22-24H2,1-12H3;2-4,11-12H,1H3. The van der Waals surface area contributed by atoms with Gasteiger partial charge < -0.3 is 9.47 Å². The predicted molar refractivity (Wildman–Crippen MR) is 642 cm³/mol. The lowest BCUT2D eigenvalue weighted by Gasteiger charge is -2.26. The molecule has 15 heteroatoms. The van der Waals surface area contributed by atoms with Gasteiger partial charge in [0.2, 0.25) is 0 Å². The zero-order valence-corrected chi connectivity index (χ0v) is 103. The molecule has 0 heterocycles. The van der Waals surface area contributed by atoms with Gasteiger partial charge in [0, 0.05) is 100 Å². The highest BCUT2D eigenvalue weighted by atomic mass is 79.9. The van der Waals surface area contributed by atoms with Crippen LogP contribution in [0.25, 0.3) is 0 Å². The van der Waals surface area contributed by atoms with E-state index in [2.05, 4.69) is 465 Å². The molecule has 142 heavy (non-hydrogen) atoms. The molecule has 0 radical (unpaired) electrons. The average molecular weight is 2160 g/mol. The van der Waals surface area contributed by atoms with Crippen molar-refractivity contribution < 1.29 is 19.1 Å². The fraction of sp³-hybridized carbons (Fsp3) is 0.465. The Morgan fingerprint density at radius 2 is 0.331 bits per heavy atom. The number of hydrogen-bond acceptors (Lipinski definition) is 14. The molecular formula is C127H167BrO4S10. The first-order valence-corrected chi connectivity index (χ1v) is 59.9. The Labute approximate surface area is 914 Å². The van der Waals surface area contributed by atoms with Crippen molar-refractivity contribution in [2.75, 3.05) is 14.2 Å². The molecule has 11 rings (SSSR count). The van der Waals surface area contributed by atoms with Crippen LogP contribution in [-0.4, -0.2) is 26.2 Å². The highest BCUT2D eigenvalue weighted by Gasteiger charge is 2.30. The number of esters is 2. The first-order valence-electron chi connectivity index (χ1n) is 50.0. The quantitative estimate of drug-likeness (QED) is 0.0223. The molecule has 0 spiro atoms. The van der Waals surface area contributed by atoms with E-state index >= 15 is 0 Å². The van der Waals surface area contributed by atoms with Crippen molar-refractivity contribution in [2.45, 2.75) is 415 Å². The summed E-state index contributed by atoms with van der Waals surface area (Å²) in [7, 11) is 2.82. The van der Waals surface area contributed by atoms with E-state index in [4.69, 9.17) is 4.74 Å². The fourth-order valence-electron chi connectivity index (χ4n) is 15.6. The smallest absolute Gasteiger partial charge is 0.337 e. The molecule has 0 N–H and O–H groups in total. The van der Waals surface area contributed by atoms with Gasteiger partial charge in [0.05, 0.1) is 25.3 Å². The van der Waals surface area contributed by atoms with Gasteiger partial charge in [-0.3, -0.25) is 0 Å². The lowest BCUT2D eigenvalue weighted by molar-refractivity contribution is 0.0591. The monoisotopic (exact) mass is 2150 g/mol. The number of methoxy groups -OCH3 is 2. The van der Waals surface area contributed by atoms with Crippen molar-refractivity contribution in [2.24, 2.45) is 0 Å². The van der Waals surface area contributed by atoms with Crippen LogP contribution in [0.15, 0.2) is 249 Å². The van der Waals surface area contributed by atoms with E-state index in [0.29, 0.717) is 20.9 Å². The maximum atomic E-state index is 13.6. The Hall–Kier alpha value is -5.66. The first kappa shape index (κ1) is 120. The summed E-state index contributed by atoms with van der Waals surface area (Å²) < 4.78 is 9.97. The van der Waals surface area contributed by atoms with Crippen LogP contribution in [0.1, 0.15) is 387 Å². The summed E-state index contributed by atoms with van der Waals surface area (Å²) in [5, 5.41) is 0.871. The minimum absolute atomic E-state index is 0.0451. The topological polar surface area (TPSA) is 52.6 Å². The lowest BCUT2D eigenvalue weighted by Crippen LogP contribution is -2.17. The van der Waals surface area contributed by atoms with Crippen molar-refractivity contribution in [3.05, 3.63) is 328 Å². The molecule has 0 aliphatic carbocycles.